The molecule has 0 atom stereocenters. The zero-order chi connectivity index (χ0) is 17.3. The fourth-order valence-electron chi connectivity index (χ4n) is 1.71. The first-order valence-corrected chi connectivity index (χ1v) is 8.47. The van der Waals surface area contributed by atoms with Crippen molar-refractivity contribution < 1.29 is 18.0 Å². The van der Waals surface area contributed by atoms with Gasteiger partial charge in [0.2, 0.25) is 10.9 Å². The number of aromatic nitrogens is 4. The largest absolute Gasteiger partial charge is 0.416 e. The van der Waals surface area contributed by atoms with E-state index in [4.69, 9.17) is 11.6 Å². The van der Waals surface area contributed by atoms with Crippen LogP contribution in [-0.4, -0.2) is 31.5 Å². The molecule has 126 valence electrons. The maximum Gasteiger partial charge on any atom is 0.416 e. The third-order valence-corrected chi connectivity index (χ3v) is 5.14. The van der Waals surface area contributed by atoms with Gasteiger partial charge in [0.1, 0.15) is 6.33 Å². The zero-order valence-corrected chi connectivity index (χ0v) is 13.9. The van der Waals surface area contributed by atoms with Crippen LogP contribution >= 0.6 is 34.7 Å². The molecule has 6 nitrogen and oxygen atoms in total. The molecule has 1 amide bonds. The van der Waals surface area contributed by atoms with Crippen LogP contribution in [0.1, 0.15) is 5.56 Å². The Morgan fingerprint density at radius 1 is 1.42 bits per heavy atom. The number of amides is 1. The van der Waals surface area contributed by atoms with E-state index in [0.29, 0.717) is 9.30 Å². The number of alkyl halides is 3. The Hall–Kier alpha value is -1.85. The fourth-order valence-corrected chi connectivity index (χ4v) is 3.54. The van der Waals surface area contributed by atoms with Crippen molar-refractivity contribution in [2.75, 3.05) is 11.1 Å². The van der Waals surface area contributed by atoms with Crippen LogP contribution in [0.4, 0.5) is 18.9 Å². The molecule has 3 aromatic rings. The van der Waals surface area contributed by atoms with Crippen LogP contribution in [0.5, 0.6) is 0 Å². The van der Waals surface area contributed by atoms with Crippen LogP contribution in [0, 0.1) is 0 Å². The minimum absolute atomic E-state index is 0.0279. The number of carbonyl (C=O) groups is 1. The van der Waals surface area contributed by atoms with Gasteiger partial charge in [-0.2, -0.15) is 17.7 Å². The molecular weight excluding hydrogens is 387 g/mol. The molecule has 0 aliphatic carbocycles. The van der Waals surface area contributed by atoms with Gasteiger partial charge in [0, 0.05) is 0 Å². The average Bonchev–Trinajstić information content (AvgIpc) is 3.07. The number of hydrogen-bond acceptors (Lipinski definition) is 6. The summed E-state index contributed by atoms with van der Waals surface area (Å²) in [5.41, 5.74) is -0.973. The zero-order valence-electron chi connectivity index (χ0n) is 11.5. The van der Waals surface area contributed by atoms with Gasteiger partial charge in [0.05, 0.1) is 22.0 Å². The minimum atomic E-state index is -4.51. The van der Waals surface area contributed by atoms with Crippen LogP contribution in [0.3, 0.4) is 0 Å². The second-order valence-electron chi connectivity index (χ2n) is 4.46. The summed E-state index contributed by atoms with van der Waals surface area (Å²) in [6.45, 7) is 0. The first-order chi connectivity index (χ1) is 11.3. The number of anilines is 1. The number of fused-ring (bicyclic) bond motifs is 1. The number of hydrogen-bond donors (Lipinski definition) is 1. The van der Waals surface area contributed by atoms with E-state index in [1.807, 2.05) is 0 Å². The van der Waals surface area contributed by atoms with E-state index in [1.54, 1.807) is 0 Å². The van der Waals surface area contributed by atoms with Gasteiger partial charge in [0.15, 0.2) is 4.34 Å². The number of benzene rings is 1. The lowest BCUT2D eigenvalue weighted by Gasteiger charge is -2.11. The Balaban J connectivity index is 1.65. The number of thioether (sulfide) groups is 1. The van der Waals surface area contributed by atoms with Gasteiger partial charge >= 0.3 is 6.18 Å². The number of nitrogens with one attached hydrogen (secondary N) is 1. The molecule has 24 heavy (non-hydrogen) atoms. The molecule has 0 unspecified atom stereocenters. The van der Waals surface area contributed by atoms with Crippen molar-refractivity contribution in [2.24, 2.45) is 0 Å². The molecule has 0 aliphatic heterocycles. The summed E-state index contributed by atoms with van der Waals surface area (Å²) in [6.07, 6.45) is -3.08. The van der Waals surface area contributed by atoms with Crippen LogP contribution in [0.15, 0.2) is 28.9 Å². The Kier molecular flexibility index (Phi) is 4.65. The summed E-state index contributed by atoms with van der Waals surface area (Å²) in [5.74, 6) is -0.524. The van der Waals surface area contributed by atoms with Crippen molar-refractivity contribution in [3.8, 4) is 0 Å². The SMILES string of the molecule is O=C(CSc1nn2cnnc2s1)Nc1cc(C(F)(F)F)ccc1Cl. The maximum atomic E-state index is 12.7. The van der Waals surface area contributed by atoms with Crippen LogP contribution in [0.2, 0.25) is 5.02 Å². The molecular formula is C12H7ClF3N5OS2. The van der Waals surface area contributed by atoms with Gasteiger partial charge in [-0.1, -0.05) is 34.7 Å². The predicted molar refractivity (Wildman–Crippen MR) is 84.5 cm³/mol. The summed E-state index contributed by atoms with van der Waals surface area (Å²) in [5, 5.41) is 14.0. The number of halogens is 4. The van der Waals surface area contributed by atoms with Crippen molar-refractivity contribution in [2.45, 2.75) is 10.5 Å². The molecule has 0 saturated carbocycles. The van der Waals surface area contributed by atoms with Crippen molar-refractivity contribution in [3.63, 3.8) is 0 Å². The normalized spacial score (nSPS) is 11.8. The van der Waals surface area contributed by atoms with Crippen molar-refractivity contribution in [3.05, 3.63) is 35.1 Å². The summed E-state index contributed by atoms with van der Waals surface area (Å²) in [4.78, 5) is 12.5. The third kappa shape index (κ3) is 3.79. The topological polar surface area (TPSA) is 72.2 Å². The first-order valence-electron chi connectivity index (χ1n) is 6.29. The summed E-state index contributed by atoms with van der Waals surface area (Å²) in [6, 6.07) is 2.75. The molecule has 12 heteroatoms. The highest BCUT2D eigenvalue weighted by Gasteiger charge is 2.31. The molecule has 3 rings (SSSR count). The first kappa shape index (κ1) is 17.0. The Morgan fingerprint density at radius 2 is 2.21 bits per heavy atom. The average molecular weight is 394 g/mol. The van der Waals surface area contributed by atoms with Crippen molar-refractivity contribution in [1.82, 2.24) is 19.8 Å². The number of nitrogens with zero attached hydrogens (tertiary/aromatic N) is 4. The predicted octanol–water partition coefficient (Wildman–Crippen LogP) is 3.59. The lowest BCUT2D eigenvalue weighted by Crippen LogP contribution is -2.15. The van der Waals surface area contributed by atoms with Gasteiger partial charge in [-0.25, -0.2) is 0 Å². The quantitative estimate of drug-likeness (QED) is 0.686. The van der Waals surface area contributed by atoms with E-state index in [0.717, 1.165) is 30.0 Å². The van der Waals surface area contributed by atoms with Gasteiger partial charge in [-0.3, -0.25) is 4.79 Å². The Morgan fingerprint density at radius 3 is 2.92 bits per heavy atom. The van der Waals surface area contributed by atoms with Gasteiger partial charge in [-0.05, 0) is 18.2 Å². The van der Waals surface area contributed by atoms with Crippen LogP contribution < -0.4 is 5.32 Å². The number of rotatable bonds is 4. The summed E-state index contributed by atoms with van der Waals surface area (Å²) >= 11 is 8.21. The fraction of sp³-hybridized carbons (Fsp3) is 0.167. The van der Waals surface area contributed by atoms with Crippen molar-refractivity contribution in [1.29, 1.82) is 0 Å². The molecule has 0 fully saturated rings. The standard InChI is InChI=1S/C12H7ClF3N5OS2/c13-7-2-1-6(12(14,15)16)3-8(7)18-9(22)4-23-11-20-21-5-17-19-10(21)24-11/h1-3,5H,4H2,(H,18,22). The van der Waals surface area contributed by atoms with E-state index in [9.17, 15) is 18.0 Å². The van der Waals surface area contributed by atoms with Gasteiger partial charge < -0.3 is 5.32 Å². The van der Waals surface area contributed by atoms with E-state index in [2.05, 4.69) is 20.6 Å². The van der Waals surface area contributed by atoms with E-state index >= 15 is 0 Å². The number of carbonyl (C=O) groups excluding carboxylic acids is 1. The van der Waals surface area contributed by atoms with E-state index < -0.39 is 17.6 Å². The van der Waals surface area contributed by atoms with E-state index in [1.165, 1.54) is 22.2 Å². The minimum Gasteiger partial charge on any atom is -0.324 e. The van der Waals surface area contributed by atoms with Crippen molar-refractivity contribution >= 4 is 51.3 Å². The van der Waals surface area contributed by atoms with Crippen LogP contribution in [-0.2, 0) is 11.0 Å². The molecule has 1 N–H and O–H groups in total. The van der Waals surface area contributed by atoms with Gasteiger partial charge in [0.25, 0.3) is 0 Å². The Bertz CT molecular complexity index is 866. The molecule has 0 saturated heterocycles. The highest BCUT2D eigenvalue weighted by Crippen LogP contribution is 2.34. The van der Waals surface area contributed by atoms with Crippen LogP contribution in [0.25, 0.3) is 4.96 Å². The molecule has 2 aromatic heterocycles. The lowest BCUT2D eigenvalue weighted by atomic mass is 10.2. The highest BCUT2D eigenvalue weighted by atomic mass is 35.5. The molecule has 0 spiro atoms. The van der Waals surface area contributed by atoms with E-state index in [-0.39, 0.29) is 16.5 Å². The highest BCUT2D eigenvalue weighted by molar-refractivity contribution is 8.01. The Labute approximate surface area is 146 Å². The lowest BCUT2D eigenvalue weighted by molar-refractivity contribution is -0.137. The second kappa shape index (κ2) is 6.57. The third-order valence-electron chi connectivity index (χ3n) is 2.76. The molecule has 0 aliphatic rings. The second-order valence-corrected chi connectivity index (χ2v) is 7.04. The van der Waals surface area contributed by atoms with Gasteiger partial charge in [-0.15, -0.1) is 15.3 Å². The smallest absolute Gasteiger partial charge is 0.324 e. The molecule has 0 radical (unpaired) electrons. The summed E-state index contributed by atoms with van der Waals surface area (Å²) in [7, 11) is 0. The molecule has 2 heterocycles. The monoisotopic (exact) mass is 393 g/mol. The maximum absolute atomic E-state index is 12.7. The summed E-state index contributed by atoms with van der Waals surface area (Å²) < 4.78 is 40.1. The molecule has 0 bridgehead atoms. The molecule has 1 aromatic carbocycles.